The van der Waals surface area contributed by atoms with E-state index in [1.807, 2.05) is 6.07 Å². The van der Waals surface area contributed by atoms with Gasteiger partial charge >= 0.3 is 5.84 Å². The van der Waals surface area contributed by atoms with E-state index in [1.165, 1.54) is 18.4 Å². The van der Waals surface area contributed by atoms with Gasteiger partial charge in [-0.05, 0) is 48.4 Å². The Morgan fingerprint density at radius 1 is 1.14 bits per heavy atom. The van der Waals surface area contributed by atoms with Crippen LogP contribution in [-0.4, -0.2) is 21.0 Å². The molecule has 4 aromatic rings. The van der Waals surface area contributed by atoms with Gasteiger partial charge in [0, 0.05) is 18.3 Å². The third-order valence-corrected chi connectivity index (χ3v) is 5.15. The average molecular weight is 420 g/mol. The van der Waals surface area contributed by atoms with Gasteiger partial charge in [-0.15, -0.1) is 0 Å². The molecule has 0 spiro atoms. The molecule has 2 heterocycles. The Hall–Kier alpha value is -2.38. The second-order valence-corrected chi connectivity index (χ2v) is 7.08. The molecule has 2 aromatic carbocycles. The zero-order valence-electron chi connectivity index (χ0n) is 14.6. The van der Waals surface area contributed by atoms with E-state index in [0.717, 1.165) is 5.56 Å². The highest BCUT2D eigenvalue weighted by Gasteiger charge is 2.22. The second kappa shape index (κ2) is 7.93. The minimum atomic E-state index is -1.00. The molecule has 0 saturated heterocycles. The molecule has 0 amide bonds. The van der Waals surface area contributed by atoms with Crippen LogP contribution in [-0.2, 0) is 6.42 Å². The predicted molar refractivity (Wildman–Crippen MR) is 106 cm³/mol. The summed E-state index contributed by atoms with van der Waals surface area (Å²) in [5.74, 6) is 0.00755. The maximum absolute atomic E-state index is 13.3. The molecule has 0 aliphatic rings. The number of aromatic nitrogens is 2. The maximum atomic E-state index is 13.3. The number of aliphatic hydroxyl groups excluding tert-OH is 1. The third-order valence-electron chi connectivity index (χ3n) is 4.41. The standard InChI is InChI=1S/C20H16Cl2FN3O2/c21-15-6-1-12(11-16(15)22)7-8-24-19(27)18-17(13-2-4-14(23)5-3-13)25-20-26(18)9-10-28-20/h1-6,9-11,19,24,27H,7-8H2. The lowest BCUT2D eigenvalue weighted by molar-refractivity contribution is 0.135. The van der Waals surface area contributed by atoms with Crippen LogP contribution in [0.2, 0.25) is 10.0 Å². The quantitative estimate of drug-likeness (QED) is 0.438. The Morgan fingerprint density at radius 2 is 1.93 bits per heavy atom. The van der Waals surface area contributed by atoms with Gasteiger partial charge in [-0.1, -0.05) is 29.3 Å². The highest BCUT2D eigenvalue weighted by molar-refractivity contribution is 6.42. The van der Waals surface area contributed by atoms with Crippen LogP contribution in [0.3, 0.4) is 0 Å². The number of fused-ring (bicyclic) bond motifs is 1. The van der Waals surface area contributed by atoms with Crippen LogP contribution in [0.5, 0.6) is 0 Å². The fraction of sp³-hybridized carbons (Fsp3) is 0.150. The first-order valence-electron chi connectivity index (χ1n) is 8.59. The molecule has 5 nitrogen and oxygen atoms in total. The summed E-state index contributed by atoms with van der Waals surface area (Å²) in [7, 11) is 0. The van der Waals surface area contributed by atoms with Gasteiger partial charge in [0.25, 0.3) is 0 Å². The first-order valence-corrected chi connectivity index (χ1v) is 9.35. The van der Waals surface area contributed by atoms with Crippen molar-refractivity contribution in [3.8, 4) is 11.3 Å². The molecule has 144 valence electrons. The molecule has 28 heavy (non-hydrogen) atoms. The predicted octanol–water partition coefficient (Wildman–Crippen LogP) is 4.86. The van der Waals surface area contributed by atoms with E-state index >= 15 is 0 Å². The largest absolute Gasteiger partial charge is 0.432 e. The van der Waals surface area contributed by atoms with Crippen molar-refractivity contribution in [3.05, 3.63) is 82.0 Å². The number of rotatable bonds is 6. The molecular formula is C20H16Cl2FN3O2. The SMILES string of the molecule is OC(NCCc1ccc(Cl)c(Cl)c1)c1c(-c2ccc(F)cc2)nc2occn12. The second-order valence-electron chi connectivity index (χ2n) is 6.26. The van der Waals surface area contributed by atoms with E-state index < -0.39 is 6.23 Å². The van der Waals surface area contributed by atoms with Crippen molar-refractivity contribution in [2.45, 2.75) is 12.6 Å². The Kier molecular flexibility index (Phi) is 5.37. The van der Waals surface area contributed by atoms with Crippen LogP contribution < -0.4 is 5.32 Å². The lowest BCUT2D eigenvalue weighted by atomic mass is 10.1. The van der Waals surface area contributed by atoms with E-state index in [4.69, 9.17) is 27.6 Å². The average Bonchev–Trinajstić information content (AvgIpc) is 3.26. The van der Waals surface area contributed by atoms with E-state index in [-0.39, 0.29) is 5.82 Å². The monoisotopic (exact) mass is 419 g/mol. The molecule has 2 N–H and O–H groups in total. The van der Waals surface area contributed by atoms with Crippen LogP contribution in [0.1, 0.15) is 17.5 Å². The van der Waals surface area contributed by atoms with Crippen LogP contribution >= 0.6 is 23.2 Å². The van der Waals surface area contributed by atoms with Crippen molar-refractivity contribution < 1.29 is 13.9 Å². The number of nitrogens with one attached hydrogen (secondary N) is 1. The van der Waals surface area contributed by atoms with Gasteiger partial charge in [0.1, 0.15) is 18.3 Å². The molecule has 0 aliphatic carbocycles. The Morgan fingerprint density at radius 3 is 2.68 bits per heavy atom. The lowest BCUT2D eigenvalue weighted by Gasteiger charge is -2.14. The highest BCUT2D eigenvalue weighted by Crippen LogP contribution is 2.29. The summed E-state index contributed by atoms with van der Waals surface area (Å²) in [5, 5.41) is 14.8. The molecule has 8 heteroatoms. The number of hydrogen-bond acceptors (Lipinski definition) is 4. The summed E-state index contributed by atoms with van der Waals surface area (Å²) in [6.45, 7) is 0.493. The lowest BCUT2D eigenvalue weighted by Crippen LogP contribution is -2.25. The maximum Gasteiger partial charge on any atom is 0.306 e. The van der Waals surface area contributed by atoms with E-state index in [2.05, 4.69) is 10.3 Å². The molecule has 4 rings (SSSR count). The summed E-state index contributed by atoms with van der Waals surface area (Å²) in [6, 6.07) is 11.4. The molecule has 2 aromatic heterocycles. The van der Waals surface area contributed by atoms with Crippen LogP contribution in [0.25, 0.3) is 17.1 Å². The number of nitrogens with zero attached hydrogens (tertiary/aromatic N) is 2. The van der Waals surface area contributed by atoms with Gasteiger partial charge in [-0.25, -0.2) is 4.39 Å². The summed E-state index contributed by atoms with van der Waals surface area (Å²) in [6.07, 6.45) is 2.81. The number of imidazole rings is 1. The molecular weight excluding hydrogens is 404 g/mol. The van der Waals surface area contributed by atoms with Crippen LogP contribution in [0.4, 0.5) is 4.39 Å². The summed E-state index contributed by atoms with van der Waals surface area (Å²) >= 11 is 12.0. The minimum absolute atomic E-state index is 0.339. The van der Waals surface area contributed by atoms with Crippen molar-refractivity contribution >= 4 is 29.0 Å². The zero-order valence-corrected chi connectivity index (χ0v) is 16.1. The van der Waals surface area contributed by atoms with Gasteiger partial charge in [0.15, 0.2) is 0 Å². The first-order chi connectivity index (χ1) is 13.5. The molecule has 1 unspecified atom stereocenters. The number of halogens is 3. The number of benzene rings is 2. The fourth-order valence-electron chi connectivity index (χ4n) is 3.03. The van der Waals surface area contributed by atoms with Gasteiger partial charge < -0.3 is 9.52 Å². The summed E-state index contributed by atoms with van der Waals surface area (Å²) < 4.78 is 20.3. The Labute approximate surface area is 170 Å². The molecule has 0 radical (unpaired) electrons. The van der Waals surface area contributed by atoms with E-state index in [9.17, 15) is 9.50 Å². The Balaban J connectivity index is 1.55. The number of aliphatic hydroxyl groups is 1. The van der Waals surface area contributed by atoms with Crippen molar-refractivity contribution in [2.75, 3.05) is 6.54 Å². The van der Waals surface area contributed by atoms with Crippen molar-refractivity contribution in [2.24, 2.45) is 0 Å². The van der Waals surface area contributed by atoms with Crippen molar-refractivity contribution in [3.63, 3.8) is 0 Å². The minimum Gasteiger partial charge on any atom is -0.432 e. The van der Waals surface area contributed by atoms with Gasteiger partial charge in [0.05, 0.1) is 21.4 Å². The van der Waals surface area contributed by atoms with E-state index in [0.29, 0.717) is 45.8 Å². The van der Waals surface area contributed by atoms with Gasteiger partial charge in [0.2, 0.25) is 0 Å². The topological polar surface area (TPSA) is 62.7 Å². The normalized spacial score (nSPS) is 12.6. The molecule has 0 aliphatic heterocycles. The van der Waals surface area contributed by atoms with Crippen LogP contribution in [0.15, 0.2) is 59.3 Å². The van der Waals surface area contributed by atoms with E-state index in [1.54, 1.807) is 34.9 Å². The fourth-order valence-corrected chi connectivity index (χ4v) is 3.35. The highest BCUT2D eigenvalue weighted by atomic mass is 35.5. The number of hydrogen-bond donors (Lipinski definition) is 2. The molecule has 0 bridgehead atoms. The smallest absolute Gasteiger partial charge is 0.306 e. The Bertz CT molecular complexity index is 1110. The van der Waals surface area contributed by atoms with Gasteiger partial charge in [-0.3, -0.25) is 9.72 Å². The van der Waals surface area contributed by atoms with Crippen LogP contribution in [0, 0.1) is 5.82 Å². The molecule has 0 fully saturated rings. The first kappa shape index (κ1) is 19.0. The molecule has 0 saturated carbocycles. The van der Waals surface area contributed by atoms with Crippen molar-refractivity contribution in [1.29, 1.82) is 0 Å². The summed E-state index contributed by atoms with van der Waals surface area (Å²) in [4.78, 5) is 4.42. The molecule has 1 atom stereocenters. The van der Waals surface area contributed by atoms with Gasteiger partial charge in [-0.2, -0.15) is 4.98 Å². The third kappa shape index (κ3) is 3.77. The number of oxazole rings is 1. The zero-order chi connectivity index (χ0) is 19.7. The van der Waals surface area contributed by atoms with Crippen molar-refractivity contribution in [1.82, 2.24) is 14.7 Å². The summed E-state index contributed by atoms with van der Waals surface area (Å²) in [5.41, 5.74) is 2.72.